The second-order valence-corrected chi connectivity index (χ2v) is 29.5. The molecule has 20 bridgehead atoms. The van der Waals surface area contributed by atoms with Crippen molar-refractivity contribution in [3.05, 3.63) is 260 Å². The van der Waals surface area contributed by atoms with Gasteiger partial charge in [0.15, 0.2) is 57.3 Å². The predicted octanol–water partition coefficient (Wildman–Crippen LogP) is 7.50. The van der Waals surface area contributed by atoms with E-state index < -0.39 is 0 Å². The van der Waals surface area contributed by atoms with E-state index in [0.717, 1.165) is 95.9 Å². The lowest BCUT2D eigenvalue weighted by atomic mass is 10.0. The van der Waals surface area contributed by atoms with Crippen LogP contribution >= 0.6 is 0 Å². The van der Waals surface area contributed by atoms with Crippen LogP contribution in [0.5, 0.6) is 47.3 Å². The van der Waals surface area contributed by atoms with Crippen LogP contribution in [0, 0.1) is 0 Å². The van der Waals surface area contributed by atoms with Gasteiger partial charge in [-0.15, -0.1) is 0 Å². The minimum atomic E-state index is -0.324. The van der Waals surface area contributed by atoms with Crippen LogP contribution in [-0.2, 0) is 64.8 Å². The van der Waals surface area contributed by atoms with Gasteiger partial charge in [-0.2, -0.15) is 49.8 Å². The van der Waals surface area contributed by atoms with Gasteiger partial charge in [-0.05, 0) is 151 Å². The van der Waals surface area contributed by atoms with Crippen LogP contribution < -0.4 is 80.8 Å². The summed E-state index contributed by atoms with van der Waals surface area (Å²) in [5.41, 5.74) is 42.0. The molecule has 5 aromatic carbocycles. The summed E-state index contributed by atoms with van der Waals surface area (Å²) in [4.78, 5) is 117. The summed E-state index contributed by atoms with van der Waals surface area (Å²) in [5, 5.41) is 30.1. The van der Waals surface area contributed by atoms with Gasteiger partial charge >= 0.3 is 58.5 Å². The molecule has 5 aliphatic heterocycles. The van der Waals surface area contributed by atoms with Crippen LogP contribution in [0.2, 0.25) is 0 Å². The molecule has 5 aliphatic rings. The van der Waals surface area contributed by atoms with E-state index in [1.807, 2.05) is 66.8 Å². The Bertz CT molecular complexity index is 6610. The molecular weight excluding hydrogens is 1580 g/mol. The minimum absolute atomic E-state index is 0.148. The molecule has 0 radical (unpaired) electrons. The first kappa shape index (κ1) is 81.0. The van der Waals surface area contributed by atoms with Crippen molar-refractivity contribution in [1.29, 1.82) is 0 Å². The maximum absolute atomic E-state index is 12.3. The first-order valence-corrected chi connectivity index (χ1v) is 39.9. The molecule has 20 rings (SSSR count). The zero-order valence-electron chi connectivity index (χ0n) is 66.5. The molecule has 18 N–H and O–H groups in total. The molecule has 630 valence electrons. The summed E-state index contributed by atoms with van der Waals surface area (Å²) in [6.07, 6.45) is 25.6. The summed E-state index contributed by atoms with van der Waals surface area (Å²) in [5.74, 6) is 1.70. The van der Waals surface area contributed by atoms with Gasteiger partial charge in [0.25, 0.3) is 0 Å². The molecule has 0 fully saturated rings. The molecule has 15 aromatic rings. The Morgan fingerprint density at radius 3 is 0.870 bits per heavy atom. The number of phenols is 3. The Hall–Kier alpha value is -15.8. The van der Waals surface area contributed by atoms with Crippen LogP contribution in [0.1, 0.15) is 101 Å². The lowest BCUT2D eigenvalue weighted by Gasteiger charge is -2.11. The van der Waals surface area contributed by atoms with E-state index in [1.165, 1.54) is 24.8 Å². The van der Waals surface area contributed by atoms with Crippen LogP contribution in [0.3, 0.4) is 0 Å². The summed E-state index contributed by atoms with van der Waals surface area (Å²) in [6.45, 7) is 3.90. The highest BCUT2D eigenvalue weighted by Crippen LogP contribution is 2.30. The quantitative estimate of drug-likeness (QED) is 0.0653. The molecule has 0 unspecified atom stereocenters. The van der Waals surface area contributed by atoms with Crippen molar-refractivity contribution in [2.24, 2.45) is 0 Å². The zero-order valence-corrected chi connectivity index (χ0v) is 66.5. The van der Waals surface area contributed by atoms with Crippen LogP contribution in [-0.4, -0.2) is 146 Å². The minimum Gasteiger partial charge on any atom is -0.508 e. The van der Waals surface area contributed by atoms with Gasteiger partial charge in [0, 0.05) is 0 Å². The Morgan fingerprint density at radius 1 is 0.285 bits per heavy atom. The molecule has 0 saturated heterocycles. The smallest absolute Gasteiger partial charge is 0.328 e. The first-order valence-electron chi connectivity index (χ1n) is 39.9. The van der Waals surface area contributed by atoms with Gasteiger partial charge in [0.05, 0.1) is 65.8 Å². The van der Waals surface area contributed by atoms with Crippen molar-refractivity contribution in [3.63, 3.8) is 0 Å². The van der Waals surface area contributed by atoms with Gasteiger partial charge in [-0.1, -0.05) is 134 Å². The number of rotatable bonds is 0. The molecule has 0 atom stereocenters. The third-order valence-electron chi connectivity index (χ3n) is 20.7. The molecule has 38 nitrogen and oxygen atoms in total. The van der Waals surface area contributed by atoms with Crippen LogP contribution in [0.15, 0.2) is 176 Å². The topological polar surface area (TPSA) is 555 Å². The highest BCUT2D eigenvalue weighted by molar-refractivity contribution is 5.85. The fraction of sp³-hybridized carbons (Fsp3) is 0.259. The summed E-state index contributed by atoms with van der Waals surface area (Å²) >= 11 is 0. The lowest BCUT2D eigenvalue weighted by molar-refractivity contribution is 0.283. The number of hydrogen-bond acceptors (Lipinski definition) is 28. The standard InChI is InChI=1S/C17H19N5O3.2C17H17N5O3.2C17H17N5O2/c3*18-14-13-15-21-16(20-14)25-7-3-1-2-4-11-8-10(5-6-12(11)23)9-22(15)17(24)19-13;2*18-14-13-15-21-16(20-14)24-8-3-1-2-5-11-6-4-7-12(9-11)10-22(15)17(23)19-13/h5-6,8,23H,1-4,7,9H2,(H,19,24)(H2,18,20,21);2*1-2,5-6,8,23H,3-4,7,9H2,(H,19,24)(H2,18,20,21);2*1-2,4,6-7,9H,3,5,8,10H2,(H,19,23)(H2,18,20,21)/b;2-1+;2-1-;2-1+;2-1-. The van der Waals surface area contributed by atoms with E-state index in [4.69, 9.17) is 52.4 Å². The largest absolute Gasteiger partial charge is 0.508 e. The Morgan fingerprint density at radius 2 is 0.553 bits per heavy atom. The van der Waals surface area contributed by atoms with Crippen molar-refractivity contribution in [2.75, 3.05) is 61.7 Å². The molecule has 0 amide bonds. The van der Waals surface area contributed by atoms with Crippen molar-refractivity contribution in [2.45, 2.75) is 110 Å². The van der Waals surface area contributed by atoms with Gasteiger partial charge < -0.3 is 92.6 Å². The normalized spacial score (nSPS) is 15.6. The fourth-order valence-electron chi connectivity index (χ4n) is 14.5. The molecule has 123 heavy (non-hydrogen) atoms. The summed E-state index contributed by atoms with van der Waals surface area (Å²) in [6, 6.07) is 33.2. The first-order chi connectivity index (χ1) is 59.7. The third-order valence-corrected chi connectivity index (χ3v) is 20.7. The highest BCUT2D eigenvalue weighted by Gasteiger charge is 2.23. The average molecular weight is 1670 g/mol. The third kappa shape index (κ3) is 18.7. The number of benzene rings is 5. The Balaban J connectivity index is 0.000000114. The molecule has 0 aliphatic carbocycles. The maximum Gasteiger partial charge on any atom is 0.328 e. The summed E-state index contributed by atoms with van der Waals surface area (Å²) < 4.78 is 35.4. The van der Waals surface area contributed by atoms with Crippen LogP contribution in [0.25, 0.3) is 55.8 Å². The molecule has 0 saturated carbocycles. The number of hydrogen-bond donors (Lipinski definition) is 13. The monoisotopic (exact) mass is 1670 g/mol. The number of anilines is 5. The molecule has 15 heterocycles. The van der Waals surface area contributed by atoms with Crippen LogP contribution in [0.4, 0.5) is 29.1 Å². The number of H-pyrrole nitrogens is 5. The zero-order chi connectivity index (χ0) is 85.2. The number of aromatic amines is 5. The lowest BCUT2D eigenvalue weighted by Crippen LogP contribution is -2.18. The van der Waals surface area contributed by atoms with Gasteiger partial charge in [-0.3, -0.25) is 22.8 Å². The molecular formula is C85H87N25O13. The summed E-state index contributed by atoms with van der Waals surface area (Å²) in [7, 11) is 0. The van der Waals surface area contributed by atoms with Crippen molar-refractivity contribution in [3.8, 4) is 47.3 Å². The second kappa shape index (κ2) is 36.2. The number of nitrogens with zero attached hydrogens (tertiary/aromatic N) is 15. The maximum atomic E-state index is 12.3. The van der Waals surface area contributed by atoms with E-state index in [2.05, 4.69) is 123 Å². The SMILES string of the molecule is Nc1nc2nc3c1[nH]c(=O)n3Cc1ccc(O)c(c1)C/C=C/CCO2.Nc1nc2nc3c1[nH]c(=O)n3Cc1ccc(O)c(c1)C/C=C\CCO2.Nc1nc2nc3c1[nH]c(=O)n3Cc1ccc(O)c(c1)CCCCCO2.Nc1nc2nc3c1[nH]c(=O)n3Cc1cccc(c1)C/C=C/CCO2.Nc1nc2nc3c1[nH]c(=O)n3Cc1cccc(c1)C/C=C\CCO2. The number of fused-ring (bicyclic) bond motifs is 15. The average Bonchev–Trinajstić information content (AvgIpc) is 1.66. The molecule has 10 aromatic heterocycles. The number of nitrogens with two attached hydrogens (primary N) is 5. The number of allylic oxidation sites excluding steroid dienone is 4. The van der Waals surface area contributed by atoms with E-state index in [9.17, 15) is 39.3 Å². The van der Waals surface area contributed by atoms with Crippen molar-refractivity contribution < 1.29 is 39.0 Å². The van der Waals surface area contributed by atoms with E-state index in [1.54, 1.807) is 45.5 Å². The Kier molecular flexibility index (Phi) is 23.8. The number of phenolic OH excluding ortho intramolecular Hbond substituents is 3. The number of aromatic nitrogens is 20. The Labute approximate surface area is 696 Å². The number of imidazole rings is 5. The molecule has 38 heteroatoms. The second-order valence-electron chi connectivity index (χ2n) is 29.5. The van der Waals surface area contributed by atoms with Crippen molar-refractivity contribution >= 4 is 84.9 Å². The van der Waals surface area contributed by atoms with Gasteiger partial charge in [0.1, 0.15) is 44.8 Å². The number of nitrogen functional groups attached to an aromatic ring is 5. The van der Waals surface area contributed by atoms with Gasteiger partial charge in [-0.25, -0.2) is 24.0 Å². The number of nitrogens with one attached hydrogen (secondary N) is 5. The van der Waals surface area contributed by atoms with Gasteiger partial charge in [0.2, 0.25) is 0 Å². The van der Waals surface area contributed by atoms with E-state index >= 15 is 0 Å². The highest BCUT2D eigenvalue weighted by atomic mass is 16.5. The van der Waals surface area contributed by atoms with E-state index in [-0.39, 0.29) is 105 Å². The van der Waals surface area contributed by atoms with Crippen molar-refractivity contribution in [1.82, 2.24) is 97.6 Å². The number of aromatic hydroxyl groups is 3. The number of ether oxygens (including phenoxy) is 5. The van der Waals surface area contributed by atoms with E-state index in [0.29, 0.717) is 147 Å². The predicted molar refractivity (Wildman–Crippen MR) is 460 cm³/mol. The number of aryl methyl sites for hydroxylation is 1. The molecule has 0 spiro atoms. The fourth-order valence-corrected chi connectivity index (χ4v) is 14.5.